The molecule has 2 aromatic heterocycles. The molecule has 5 nitrogen and oxygen atoms in total. The molecule has 0 bridgehead atoms. The number of halogens is 3. The molecule has 0 aliphatic rings. The predicted octanol–water partition coefficient (Wildman–Crippen LogP) is 7.93. The lowest BCUT2D eigenvalue weighted by Crippen LogP contribution is -2.11. The van der Waals surface area contributed by atoms with Gasteiger partial charge >= 0.3 is 5.63 Å². The molecule has 1 N–H and O–H groups in total. The first-order valence-corrected chi connectivity index (χ1v) is 11.2. The van der Waals surface area contributed by atoms with Crippen LogP contribution >= 0.6 is 34.8 Å². The maximum absolute atomic E-state index is 12.7. The molecule has 2 heterocycles. The number of hydrogen-bond acceptors (Lipinski definition) is 4. The first-order chi connectivity index (χ1) is 16.4. The molecule has 168 valence electrons. The maximum Gasteiger partial charge on any atom is 0.344 e. The maximum atomic E-state index is 12.7. The fourth-order valence-corrected chi connectivity index (χ4v) is 4.23. The standard InChI is InChI=1S/C26H14Cl3NO4/c27-19-6-3-5-17(24(19)29)22-10-11-23(33-22)25(31)30-15-8-9-16(20(28)13-15)18-12-14-4-1-2-7-21(14)34-26(18)32/h1-13H,(H,30,31). The normalized spacial score (nSPS) is 11.0. The van der Waals surface area contributed by atoms with Crippen molar-refractivity contribution in [2.75, 3.05) is 5.32 Å². The van der Waals surface area contributed by atoms with Crippen molar-refractivity contribution in [2.24, 2.45) is 0 Å². The molecule has 8 heteroatoms. The Hall–Kier alpha value is -3.51. The Labute approximate surface area is 208 Å². The fraction of sp³-hybridized carbons (Fsp3) is 0. The molecule has 0 aliphatic carbocycles. The minimum atomic E-state index is -0.500. The minimum Gasteiger partial charge on any atom is -0.451 e. The monoisotopic (exact) mass is 509 g/mol. The molecule has 5 aromatic rings. The van der Waals surface area contributed by atoms with Gasteiger partial charge in [0.25, 0.3) is 5.91 Å². The molecule has 34 heavy (non-hydrogen) atoms. The van der Waals surface area contributed by atoms with E-state index in [1.165, 1.54) is 6.07 Å². The second-order valence-corrected chi connectivity index (χ2v) is 8.59. The first-order valence-electron chi connectivity index (χ1n) is 10.1. The van der Waals surface area contributed by atoms with Gasteiger partial charge in [0.2, 0.25) is 0 Å². The van der Waals surface area contributed by atoms with Crippen molar-refractivity contribution in [1.29, 1.82) is 0 Å². The van der Waals surface area contributed by atoms with Crippen molar-refractivity contribution in [2.45, 2.75) is 0 Å². The molecule has 0 radical (unpaired) electrons. The molecule has 0 aliphatic heterocycles. The van der Waals surface area contributed by atoms with Crippen LogP contribution in [0.1, 0.15) is 10.6 Å². The zero-order valence-electron chi connectivity index (χ0n) is 17.3. The van der Waals surface area contributed by atoms with Gasteiger partial charge in [-0.15, -0.1) is 0 Å². The first kappa shape index (κ1) is 22.3. The van der Waals surface area contributed by atoms with Gasteiger partial charge in [-0.2, -0.15) is 0 Å². The van der Waals surface area contributed by atoms with Gasteiger partial charge in [-0.1, -0.05) is 65.1 Å². The molecule has 5 rings (SSSR count). The van der Waals surface area contributed by atoms with E-state index in [0.29, 0.717) is 43.8 Å². The summed E-state index contributed by atoms with van der Waals surface area (Å²) in [5.74, 6) is 0.0221. The summed E-state index contributed by atoms with van der Waals surface area (Å²) >= 11 is 18.7. The highest BCUT2D eigenvalue weighted by Gasteiger charge is 2.17. The number of benzene rings is 3. The zero-order chi connectivity index (χ0) is 23.8. The fourth-order valence-electron chi connectivity index (χ4n) is 3.55. The number of para-hydroxylation sites is 1. The van der Waals surface area contributed by atoms with Gasteiger partial charge in [0.1, 0.15) is 11.3 Å². The Bertz CT molecular complexity index is 1620. The van der Waals surface area contributed by atoms with Crippen molar-refractivity contribution in [3.8, 4) is 22.5 Å². The van der Waals surface area contributed by atoms with E-state index in [1.807, 2.05) is 12.1 Å². The zero-order valence-corrected chi connectivity index (χ0v) is 19.5. The lowest BCUT2D eigenvalue weighted by atomic mass is 10.1. The number of anilines is 1. The number of furan rings is 1. The molecule has 0 atom stereocenters. The van der Waals surface area contributed by atoms with Crippen LogP contribution in [0.25, 0.3) is 33.4 Å². The van der Waals surface area contributed by atoms with Crippen LogP contribution in [0.3, 0.4) is 0 Å². The smallest absolute Gasteiger partial charge is 0.344 e. The highest BCUT2D eigenvalue weighted by atomic mass is 35.5. The van der Waals surface area contributed by atoms with Crippen LogP contribution in [0.2, 0.25) is 15.1 Å². The van der Waals surface area contributed by atoms with Gasteiger partial charge in [0.15, 0.2) is 5.76 Å². The molecular weight excluding hydrogens is 497 g/mol. The summed E-state index contributed by atoms with van der Waals surface area (Å²) in [6.07, 6.45) is 0. The second-order valence-electron chi connectivity index (χ2n) is 7.40. The summed E-state index contributed by atoms with van der Waals surface area (Å²) in [5, 5.41) is 4.52. The van der Waals surface area contributed by atoms with Crippen molar-refractivity contribution in [1.82, 2.24) is 0 Å². The summed E-state index contributed by atoms with van der Waals surface area (Å²) in [4.78, 5) is 25.2. The molecule has 0 saturated heterocycles. The van der Waals surface area contributed by atoms with Gasteiger partial charge in [0, 0.05) is 22.2 Å². The van der Waals surface area contributed by atoms with Gasteiger partial charge in [-0.25, -0.2) is 4.79 Å². The van der Waals surface area contributed by atoms with Gasteiger partial charge in [0.05, 0.1) is 20.6 Å². The summed E-state index contributed by atoms with van der Waals surface area (Å²) in [6.45, 7) is 0. The number of hydrogen-bond donors (Lipinski definition) is 1. The van der Waals surface area contributed by atoms with Crippen LogP contribution in [-0.2, 0) is 0 Å². The van der Waals surface area contributed by atoms with Gasteiger partial charge < -0.3 is 14.2 Å². The Balaban J connectivity index is 1.39. The van der Waals surface area contributed by atoms with E-state index in [2.05, 4.69) is 5.32 Å². The van der Waals surface area contributed by atoms with Crippen LogP contribution < -0.4 is 10.9 Å². The number of nitrogens with one attached hydrogen (secondary N) is 1. The molecule has 0 fully saturated rings. The Morgan fingerprint density at radius 2 is 1.56 bits per heavy atom. The van der Waals surface area contributed by atoms with Gasteiger partial charge in [-0.05, 0) is 48.5 Å². The van der Waals surface area contributed by atoms with E-state index in [1.54, 1.807) is 60.7 Å². The summed E-state index contributed by atoms with van der Waals surface area (Å²) < 4.78 is 11.1. The summed E-state index contributed by atoms with van der Waals surface area (Å²) in [6, 6.07) is 22.1. The van der Waals surface area contributed by atoms with Crippen LogP contribution in [0.5, 0.6) is 0 Å². The average Bonchev–Trinajstić information content (AvgIpc) is 3.31. The molecular formula is C26H14Cl3NO4. The molecule has 0 unspecified atom stereocenters. The topological polar surface area (TPSA) is 72.5 Å². The number of carbonyl (C=O) groups is 1. The van der Waals surface area contributed by atoms with E-state index in [0.717, 1.165) is 5.39 Å². The van der Waals surface area contributed by atoms with E-state index >= 15 is 0 Å². The summed E-state index contributed by atoms with van der Waals surface area (Å²) in [5.41, 5.74) is 1.83. The highest BCUT2D eigenvalue weighted by Crippen LogP contribution is 2.35. The van der Waals surface area contributed by atoms with Crippen molar-refractivity contribution >= 4 is 57.4 Å². The number of amides is 1. The Morgan fingerprint density at radius 3 is 2.38 bits per heavy atom. The van der Waals surface area contributed by atoms with Gasteiger partial charge in [-0.3, -0.25) is 4.79 Å². The lowest BCUT2D eigenvalue weighted by molar-refractivity contribution is 0.0997. The predicted molar refractivity (Wildman–Crippen MR) is 135 cm³/mol. The molecule has 1 amide bonds. The molecule has 0 saturated carbocycles. The van der Waals surface area contributed by atoms with Crippen molar-refractivity contribution in [3.05, 3.63) is 110 Å². The molecule has 3 aromatic carbocycles. The quantitative estimate of drug-likeness (QED) is 0.249. The second kappa shape index (κ2) is 9.03. The summed E-state index contributed by atoms with van der Waals surface area (Å²) in [7, 11) is 0. The lowest BCUT2D eigenvalue weighted by Gasteiger charge is -2.08. The van der Waals surface area contributed by atoms with E-state index in [4.69, 9.17) is 43.6 Å². The van der Waals surface area contributed by atoms with E-state index < -0.39 is 11.5 Å². The van der Waals surface area contributed by atoms with Crippen LogP contribution in [0.4, 0.5) is 5.69 Å². The number of fused-ring (bicyclic) bond motifs is 1. The largest absolute Gasteiger partial charge is 0.451 e. The third-order valence-electron chi connectivity index (χ3n) is 5.21. The van der Waals surface area contributed by atoms with Crippen molar-refractivity contribution in [3.63, 3.8) is 0 Å². The molecule has 0 spiro atoms. The van der Waals surface area contributed by atoms with Crippen LogP contribution in [-0.4, -0.2) is 5.91 Å². The Kier molecular flexibility index (Phi) is 5.92. The highest BCUT2D eigenvalue weighted by molar-refractivity contribution is 6.43. The third kappa shape index (κ3) is 4.21. The number of rotatable bonds is 4. The average molecular weight is 511 g/mol. The van der Waals surface area contributed by atoms with E-state index in [9.17, 15) is 9.59 Å². The SMILES string of the molecule is O=C(Nc1ccc(-c2cc3ccccc3oc2=O)c(Cl)c1)c1ccc(-c2cccc(Cl)c2Cl)o1. The van der Waals surface area contributed by atoms with E-state index in [-0.39, 0.29) is 10.8 Å². The Morgan fingerprint density at radius 1 is 0.735 bits per heavy atom. The van der Waals surface area contributed by atoms with Crippen LogP contribution in [0, 0.1) is 0 Å². The van der Waals surface area contributed by atoms with Crippen molar-refractivity contribution < 1.29 is 13.6 Å². The number of carbonyl (C=O) groups excluding carboxylic acids is 1. The van der Waals surface area contributed by atoms with Crippen LogP contribution in [0.15, 0.2) is 92.5 Å². The third-order valence-corrected chi connectivity index (χ3v) is 6.34. The minimum absolute atomic E-state index is 0.0846.